The van der Waals surface area contributed by atoms with E-state index in [2.05, 4.69) is 25.0 Å². The summed E-state index contributed by atoms with van der Waals surface area (Å²) in [6.07, 6.45) is 4.52. The van der Waals surface area contributed by atoms with Crippen LogP contribution in [0.4, 0.5) is 0 Å². The molecule has 1 aliphatic heterocycles. The van der Waals surface area contributed by atoms with Gasteiger partial charge >= 0.3 is 0 Å². The monoisotopic (exact) mass is 312 g/mol. The highest BCUT2D eigenvalue weighted by molar-refractivity contribution is 5.99. The van der Waals surface area contributed by atoms with Gasteiger partial charge in [0.1, 0.15) is 17.4 Å². The Kier molecular flexibility index (Phi) is 3.95. The molecule has 3 rings (SSSR count). The second-order valence-electron chi connectivity index (χ2n) is 6.00. The van der Waals surface area contributed by atoms with Crippen LogP contribution < -0.4 is 5.73 Å². The largest absolute Gasteiger partial charge is 0.444 e. The van der Waals surface area contributed by atoms with Crippen molar-refractivity contribution in [3.05, 3.63) is 40.7 Å². The number of hydrogen-bond acceptors (Lipinski definition) is 5. The third-order valence-corrected chi connectivity index (χ3v) is 4.61. The molecule has 0 amide bonds. The summed E-state index contributed by atoms with van der Waals surface area (Å²) in [6.45, 7) is 4.14. The molecule has 120 valence electrons. The van der Waals surface area contributed by atoms with Crippen LogP contribution in [-0.4, -0.2) is 15.6 Å². The Hall–Kier alpha value is -2.55. The Labute approximate surface area is 135 Å². The highest BCUT2D eigenvalue weighted by atomic mass is 16.5. The number of hydrogen-bond donors (Lipinski definition) is 1. The summed E-state index contributed by atoms with van der Waals surface area (Å²) in [5.74, 6) is 0.268. The Balaban J connectivity index is 2.18. The van der Waals surface area contributed by atoms with Crippen molar-refractivity contribution in [2.24, 2.45) is 5.73 Å². The molecule has 0 bridgehead atoms. The second kappa shape index (κ2) is 5.92. The minimum Gasteiger partial charge on any atom is -0.444 e. The lowest BCUT2D eigenvalue weighted by Gasteiger charge is -2.31. The summed E-state index contributed by atoms with van der Waals surface area (Å²) in [7, 11) is 0. The molecule has 23 heavy (non-hydrogen) atoms. The molecule has 0 saturated carbocycles. The van der Waals surface area contributed by atoms with Crippen LogP contribution in [0.1, 0.15) is 57.2 Å². The first kappa shape index (κ1) is 15.3. The first-order valence-electron chi connectivity index (χ1n) is 7.95. The lowest BCUT2D eigenvalue weighted by atomic mass is 9.79. The summed E-state index contributed by atoms with van der Waals surface area (Å²) in [5, 5.41) is 14.0. The number of nitrogens with zero attached hydrogens (tertiary/aromatic N) is 3. The van der Waals surface area contributed by atoms with Gasteiger partial charge in [-0.15, -0.1) is 0 Å². The second-order valence-corrected chi connectivity index (χ2v) is 6.00. The lowest BCUT2D eigenvalue weighted by molar-refractivity contribution is -0.116. The summed E-state index contributed by atoms with van der Waals surface area (Å²) in [5.41, 5.74) is 7.65. The quantitative estimate of drug-likeness (QED) is 0.926. The van der Waals surface area contributed by atoms with Crippen LogP contribution in [0.2, 0.25) is 0 Å². The van der Waals surface area contributed by atoms with Crippen LogP contribution in [0.15, 0.2) is 35.1 Å². The van der Waals surface area contributed by atoms with Gasteiger partial charge in [0, 0.05) is 30.7 Å². The normalized spacial score (nSPS) is 22.5. The fourth-order valence-electron chi connectivity index (χ4n) is 3.25. The van der Waals surface area contributed by atoms with E-state index in [1.165, 1.54) is 0 Å². The van der Waals surface area contributed by atoms with E-state index in [0.29, 0.717) is 29.7 Å². The zero-order chi connectivity index (χ0) is 16.6. The summed E-state index contributed by atoms with van der Waals surface area (Å²) in [4.78, 5) is 12.5. The third-order valence-electron chi connectivity index (χ3n) is 4.61. The molecule has 1 aliphatic carbocycles. The molecular weight excluding hydrogens is 292 g/mol. The first-order chi connectivity index (χ1) is 11.1. The van der Waals surface area contributed by atoms with Crippen molar-refractivity contribution in [1.29, 1.82) is 5.26 Å². The number of allylic oxidation sites excluding steroid dienone is 3. The average Bonchev–Trinajstić information content (AvgIpc) is 3.02. The van der Waals surface area contributed by atoms with E-state index in [1.54, 1.807) is 6.20 Å². The van der Waals surface area contributed by atoms with Crippen molar-refractivity contribution in [2.45, 2.75) is 51.5 Å². The fourth-order valence-corrected chi connectivity index (χ4v) is 3.25. The summed E-state index contributed by atoms with van der Waals surface area (Å²) >= 11 is 0. The molecule has 2 N–H and O–H groups in total. The topological polar surface area (TPSA) is 93.9 Å². The van der Waals surface area contributed by atoms with Crippen LogP contribution in [0.5, 0.6) is 0 Å². The van der Waals surface area contributed by atoms with Gasteiger partial charge in [0.15, 0.2) is 5.78 Å². The Bertz CT molecular complexity index is 751. The van der Waals surface area contributed by atoms with Gasteiger partial charge in [0.05, 0.1) is 11.6 Å². The molecule has 2 aliphatic rings. The van der Waals surface area contributed by atoms with E-state index in [1.807, 2.05) is 10.7 Å². The zero-order valence-electron chi connectivity index (χ0n) is 13.4. The smallest absolute Gasteiger partial charge is 0.205 e. The van der Waals surface area contributed by atoms with E-state index in [-0.39, 0.29) is 17.7 Å². The van der Waals surface area contributed by atoms with Gasteiger partial charge in [-0.2, -0.15) is 10.4 Å². The number of nitriles is 1. The highest BCUT2D eigenvalue weighted by Crippen LogP contribution is 2.43. The molecule has 0 saturated heterocycles. The van der Waals surface area contributed by atoms with Crippen LogP contribution >= 0.6 is 0 Å². The fraction of sp³-hybridized carbons (Fsp3) is 0.471. The van der Waals surface area contributed by atoms with E-state index >= 15 is 0 Å². The van der Waals surface area contributed by atoms with Crippen molar-refractivity contribution in [3.63, 3.8) is 0 Å². The van der Waals surface area contributed by atoms with E-state index in [4.69, 9.17) is 10.5 Å². The molecule has 6 heteroatoms. The molecule has 2 unspecified atom stereocenters. The molecule has 0 aromatic carbocycles. The Morgan fingerprint density at radius 3 is 3.04 bits per heavy atom. The van der Waals surface area contributed by atoms with Gasteiger partial charge in [-0.3, -0.25) is 9.48 Å². The maximum Gasteiger partial charge on any atom is 0.205 e. The number of carbonyl (C=O) groups is 1. The molecule has 0 spiro atoms. The molecule has 1 aromatic rings. The number of rotatable bonds is 3. The molecular formula is C17H20N4O2. The Morgan fingerprint density at radius 2 is 2.35 bits per heavy atom. The van der Waals surface area contributed by atoms with Gasteiger partial charge < -0.3 is 10.5 Å². The SMILES string of the molecule is CCC(C)n1nccc1C1C(C#N)=C(N)OC2=C1C(=O)CCC2. The standard InChI is InChI=1S/C17H20N4O2/c1-3-10(2)21-12(7-8-20-21)15-11(9-18)17(19)23-14-6-4-5-13(22)16(14)15/h7-8,10,15H,3-6,19H2,1-2H3. The van der Waals surface area contributed by atoms with Crippen molar-refractivity contribution < 1.29 is 9.53 Å². The number of ether oxygens (including phenoxy) is 1. The third kappa shape index (κ3) is 2.42. The molecule has 6 nitrogen and oxygen atoms in total. The highest BCUT2D eigenvalue weighted by Gasteiger charge is 2.39. The van der Waals surface area contributed by atoms with Crippen molar-refractivity contribution in [1.82, 2.24) is 9.78 Å². The summed E-state index contributed by atoms with van der Waals surface area (Å²) in [6, 6.07) is 4.17. The first-order valence-corrected chi connectivity index (χ1v) is 7.95. The van der Waals surface area contributed by atoms with Crippen LogP contribution in [0.25, 0.3) is 0 Å². The average molecular weight is 312 g/mol. The maximum atomic E-state index is 12.5. The lowest BCUT2D eigenvalue weighted by Crippen LogP contribution is -2.29. The van der Waals surface area contributed by atoms with Gasteiger partial charge in [-0.05, 0) is 25.8 Å². The van der Waals surface area contributed by atoms with Gasteiger partial charge in [-0.25, -0.2) is 0 Å². The predicted molar refractivity (Wildman–Crippen MR) is 83.8 cm³/mol. The number of aromatic nitrogens is 2. The summed E-state index contributed by atoms with van der Waals surface area (Å²) < 4.78 is 7.47. The molecule has 0 fully saturated rings. The minimum atomic E-state index is -0.479. The molecule has 2 atom stereocenters. The van der Waals surface area contributed by atoms with Gasteiger partial charge in [0.2, 0.25) is 5.88 Å². The number of ketones is 1. The maximum absolute atomic E-state index is 12.5. The van der Waals surface area contributed by atoms with Crippen LogP contribution in [0.3, 0.4) is 0 Å². The zero-order valence-corrected chi connectivity index (χ0v) is 13.4. The predicted octanol–water partition coefficient (Wildman–Crippen LogP) is 2.67. The molecule has 2 heterocycles. The van der Waals surface area contributed by atoms with E-state index < -0.39 is 5.92 Å². The number of carbonyl (C=O) groups excluding carboxylic acids is 1. The van der Waals surface area contributed by atoms with E-state index in [0.717, 1.165) is 18.5 Å². The number of nitrogens with two attached hydrogens (primary N) is 1. The van der Waals surface area contributed by atoms with Crippen LogP contribution in [0, 0.1) is 11.3 Å². The molecule has 0 radical (unpaired) electrons. The van der Waals surface area contributed by atoms with Crippen LogP contribution in [-0.2, 0) is 9.53 Å². The van der Waals surface area contributed by atoms with Crippen molar-refractivity contribution >= 4 is 5.78 Å². The van der Waals surface area contributed by atoms with Crippen molar-refractivity contribution in [3.8, 4) is 6.07 Å². The Morgan fingerprint density at radius 1 is 1.57 bits per heavy atom. The number of Topliss-reactive ketones (excluding diaryl/α,β-unsaturated/α-hetero) is 1. The van der Waals surface area contributed by atoms with Gasteiger partial charge in [-0.1, -0.05) is 6.92 Å². The van der Waals surface area contributed by atoms with Gasteiger partial charge in [0.25, 0.3) is 0 Å². The van der Waals surface area contributed by atoms with Crippen molar-refractivity contribution in [2.75, 3.05) is 0 Å². The molecule has 1 aromatic heterocycles. The minimum absolute atomic E-state index is 0.0356. The van der Waals surface area contributed by atoms with E-state index in [9.17, 15) is 10.1 Å².